The first-order chi connectivity index (χ1) is 16.2. The summed E-state index contributed by atoms with van der Waals surface area (Å²) in [6.45, 7) is 3.59. The van der Waals surface area contributed by atoms with Gasteiger partial charge in [-0.05, 0) is 89.4 Å². The highest BCUT2D eigenvalue weighted by Crippen LogP contribution is 2.27. The molecule has 0 saturated carbocycles. The maximum absolute atomic E-state index is 13.0. The van der Waals surface area contributed by atoms with Crippen molar-refractivity contribution in [2.24, 2.45) is 0 Å². The highest BCUT2D eigenvalue weighted by molar-refractivity contribution is 9.10. The Balaban J connectivity index is 1.64. The second kappa shape index (κ2) is 11.3. The number of halogens is 2. The highest BCUT2D eigenvalue weighted by Gasteiger charge is 2.12. The van der Waals surface area contributed by atoms with Gasteiger partial charge in [0, 0.05) is 11.4 Å². The first kappa shape index (κ1) is 24.7. The number of nitrogens with one attached hydrogen (secondary N) is 2. The Morgan fingerprint density at radius 1 is 1.06 bits per heavy atom. The van der Waals surface area contributed by atoms with E-state index in [9.17, 15) is 19.2 Å². The second-order valence-electron chi connectivity index (χ2n) is 7.48. The van der Waals surface area contributed by atoms with Crippen LogP contribution in [0.15, 0.2) is 70.7 Å². The van der Waals surface area contributed by atoms with Gasteiger partial charge in [-0.1, -0.05) is 23.8 Å². The molecule has 0 heterocycles. The van der Waals surface area contributed by atoms with Crippen LogP contribution in [0.1, 0.15) is 16.7 Å². The molecule has 8 heteroatoms. The summed E-state index contributed by atoms with van der Waals surface area (Å²) >= 11 is 3.38. The molecule has 0 unspecified atom stereocenters. The summed E-state index contributed by atoms with van der Waals surface area (Å²) in [6, 6.07) is 17.9. The molecule has 0 aliphatic carbocycles. The summed E-state index contributed by atoms with van der Waals surface area (Å²) in [4.78, 5) is 24.6. The maximum Gasteiger partial charge on any atom is 0.266 e. The quantitative estimate of drug-likeness (QED) is 0.305. The van der Waals surface area contributed by atoms with Gasteiger partial charge in [0.15, 0.2) is 6.61 Å². The molecule has 34 heavy (non-hydrogen) atoms. The molecule has 3 rings (SSSR count). The van der Waals surface area contributed by atoms with Gasteiger partial charge in [0.1, 0.15) is 23.2 Å². The fourth-order valence-corrected chi connectivity index (χ4v) is 3.57. The molecule has 0 atom stereocenters. The van der Waals surface area contributed by atoms with Gasteiger partial charge in [0.05, 0.1) is 4.47 Å². The van der Waals surface area contributed by atoms with Crippen molar-refractivity contribution < 1.29 is 18.7 Å². The molecule has 0 aromatic heterocycles. The van der Waals surface area contributed by atoms with E-state index in [2.05, 4.69) is 26.6 Å². The Morgan fingerprint density at radius 2 is 1.79 bits per heavy atom. The molecule has 0 radical (unpaired) electrons. The monoisotopic (exact) mass is 521 g/mol. The number of carbonyl (C=O) groups excluding carboxylic acids is 2. The molecular weight excluding hydrogens is 501 g/mol. The average Bonchev–Trinajstić information content (AvgIpc) is 2.80. The Kier molecular flexibility index (Phi) is 8.17. The van der Waals surface area contributed by atoms with Crippen molar-refractivity contribution in [1.82, 2.24) is 0 Å². The van der Waals surface area contributed by atoms with Gasteiger partial charge in [-0.15, -0.1) is 0 Å². The van der Waals surface area contributed by atoms with E-state index in [-0.39, 0.29) is 12.2 Å². The van der Waals surface area contributed by atoms with E-state index in [0.29, 0.717) is 27.2 Å². The molecule has 2 N–H and O–H groups in total. The van der Waals surface area contributed by atoms with Crippen LogP contribution in [0.25, 0.3) is 6.08 Å². The van der Waals surface area contributed by atoms with Crippen molar-refractivity contribution in [2.45, 2.75) is 13.8 Å². The van der Waals surface area contributed by atoms with Gasteiger partial charge >= 0.3 is 0 Å². The van der Waals surface area contributed by atoms with Crippen LogP contribution in [-0.4, -0.2) is 18.4 Å². The Bertz CT molecular complexity index is 1300. The molecule has 6 nitrogen and oxygen atoms in total. The number of hydrogen-bond donors (Lipinski definition) is 2. The fourth-order valence-electron chi connectivity index (χ4n) is 3.06. The first-order valence-electron chi connectivity index (χ1n) is 10.2. The van der Waals surface area contributed by atoms with Gasteiger partial charge in [-0.2, -0.15) is 5.26 Å². The number of ether oxygens (including phenoxy) is 1. The fraction of sp³-hybridized carbons (Fsp3) is 0.115. The number of carbonyl (C=O) groups is 2. The summed E-state index contributed by atoms with van der Waals surface area (Å²) in [6.07, 6.45) is 1.47. The minimum Gasteiger partial charge on any atom is -0.483 e. The van der Waals surface area contributed by atoms with Crippen molar-refractivity contribution >= 4 is 45.2 Å². The molecule has 0 fully saturated rings. The zero-order valence-corrected chi connectivity index (χ0v) is 20.1. The number of hydrogen-bond acceptors (Lipinski definition) is 4. The molecule has 3 aromatic rings. The molecular formula is C26H21BrFN3O3. The van der Waals surface area contributed by atoms with Gasteiger partial charge in [-0.3, -0.25) is 9.59 Å². The lowest BCUT2D eigenvalue weighted by Crippen LogP contribution is -2.20. The summed E-state index contributed by atoms with van der Waals surface area (Å²) in [5, 5.41) is 14.8. The largest absolute Gasteiger partial charge is 0.483 e. The van der Waals surface area contributed by atoms with E-state index in [1.807, 2.05) is 32.0 Å². The predicted molar refractivity (Wildman–Crippen MR) is 133 cm³/mol. The lowest BCUT2D eigenvalue weighted by Gasteiger charge is -2.10. The number of rotatable bonds is 7. The molecule has 0 saturated heterocycles. The topological polar surface area (TPSA) is 91.2 Å². The number of aryl methyl sites for hydroxylation is 2. The van der Waals surface area contributed by atoms with Crippen molar-refractivity contribution in [1.29, 1.82) is 5.26 Å². The summed E-state index contributed by atoms with van der Waals surface area (Å²) in [7, 11) is 0. The molecule has 2 amide bonds. The standard InChI is InChI=1S/C26H21BrFN3O3/c1-16-3-9-23(17(2)11-16)31-26(33)19(14-29)12-18-4-10-24(22(27)13-18)34-15-25(32)30-21-7-5-20(28)6-8-21/h3-13H,15H2,1-2H3,(H,30,32)(H,31,33)/b19-12+. The van der Waals surface area contributed by atoms with Crippen LogP contribution in [0.2, 0.25) is 0 Å². The highest BCUT2D eigenvalue weighted by atomic mass is 79.9. The minimum atomic E-state index is -0.511. The van der Waals surface area contributed by atoms with Crippen LogP contribution in [0.3, 0.4) is 0 Å². The normalized spacial score (nSPS) is 10.9. The van der Waals surface area contributed by atoms with E-state index in [1.165, 1.54) is 30.3 Å². The maximum atomic E-state index is 13.0. The lowest BCUT2D eigenvalue weighted by molar-refractivity contribution is -0.118. The average molecular weight is 522 g/mol. The number of nitriles is 1. The van der Waals surface area contributed by atoms with Crippen molar-refractivity contribution in [3.8, 4) is 11.8 Å². The van der Waals surface area contributed by atoms with Gasteiger partial charge < -0.3 is 15.4 Å². The zero-order valence-electron chi connectivity index (χ0n) is 18.5. The van der Waals surface area contributed by atoms with Gasteiger partial charge in [0.2, 0.25) is 0 Å². The Hall–Kier alpha value is -3.96. The lowest BCUT2D eigenvalue weighted by atomic mass is 10.1. The molecule has 0 bridgehead atoms. The van der Waals surface area contributed by atoms with Gasteiger partial charge in [-0.25, -0.2) is 4.39 Å². The summed E-state index contributed by atoms with van der Waals surface area (Å²) in [5.41, 5.74) is 3.62. The van der Waals surface area contributed by atoms with Crippen molar-refractivity contribution in [2.75, 3.05) is 17.2 Å². The predicted octanol–water partition coefficient (Wildman–Crippen LogP) is 5.77. The van der Waals surface area contributed by atoms with Crippen LogP contribution in [0.5, 0.6) is 5.75 Å². The molecule has 0 aliphatic rings. The first-order valence-corrected chi connectivity index (χ1v) is 11.0. The molecule has 172 valence electrons. The summed E-state index contributed by atoms with van der Waals surface area (Å²) < 4.78 is 19.0. The molecule has 3 aromatic carbocycles. The van der Waals surface area contributed by atoms with Crippen molar-refractivity contribution in [3.05, 3.63) is 93.2 Å². The van der Waals surface area contributed by atoms with Crippen LogP contribution < -0.4 is 15.4 Å². The van der Waals surface area contributed by atoms with Crippen LogP contribution in [-0.2, 0) is 9.59 Å². The third-order valence-corrected chi connectivity index (χ3v) is 5.37. The van der Waals surface area contributed by atoms with E-state index < -0.39 is 17.6 Å². The van der Waals surface area contributed by atoms with E-state index in [0.717, 1.165) is 11.1 Å². The van der Waals surface area contributed by atoms with Gasteiger partial charge in [0.25, 0.3) is 11.8 Å². The SMILES string of the molecule is Cc1ccc(NC(=O)/C(C#N)=C/c2ccc(OCC(=O)Nc3ccc(F)cc3)c(Br)c2)c(C)c1. The number of amides is 2. The minimum absolute atomic E-state index is 0.0563. The zero-order chi connectivity index (χ0) is 24.7. The number of nitrogens with zero attached hydrogens (tertiary/aromatic N) is 1. The Morgan fingerprint density at radius 3 is 2.44 bits per heavy atom. The Labute approximate surface area is 205 Å². The summed E-state index contributed by atoms with van der Waals surface area (Å²) in [5.74, 6) is -0.903. The number of benzene rings is 3. The van der Waals surface area contributed by atoms with Crippen LogP contribution >= 0.6 is 15.9 Å². The van der Waals surface area contributed by atoms with E-state index in [1.54, 1.807) is 24.3 Å². The van der Waals surface area contributed by atoms with Crippen LogP contribution in [0.4, 0.5) is 15.8 Å². The smallest absolute Gasteiger partial charge is 0.266 e. The second-order valence-corrected chi connectivity index (χ2v) is 8.33. The molecule has 0 spiro atoms. The van der Waals surface area contributed by atoms with E-state index in [4.69, 9.17) is 4.74 Å². The third kappa shape index (κ3) is 6.77. The third-order valence-electron chi connectivity index (χ3n) is 4.75. The van der Waals surface area contributed by atoms with Crippen LogP contribution in [0, 0.1) is 31.0 Å². The molecule has 0 aliphatic heterocycles. The van der Waals surface area contributed by atoms with E-state index >= 15 is 0 Å². The number of anilines is 2. The van der Waals surface area contributed by atoms with Crippen molar-refractivity contribution in [3.63, 3.8) is 0 Å².